The maximum atomic E-state index is 11.7. The summed E-state index contributed by atoms with van der Waals surface area (Å²) >= 11 is -1.96. The number of carbonyl (C=O) groups is 1. The lowest BCUT2D eigenvalue weighted by Gasteiger charge is -2.40. The van der Waals surface area contributed by atoms with Crippen molar-refractivity contribution in [3.63, 3.8) is 0 Å². The van der Waals surface area contributed by atoms with E-state index >= 15 is 0 Å². The molecule has 0 saturated heterocycles. The average molecular weight is 247 g/mol. The van der Waals surface area contributed by atoms with Gasteiger partial charge in [-0.25, -0.2) is 4.21 Å². The number of nitrogens with two attached hydrogens (primary N) is 1. The molecule has 0 heterocycles. The molecule has 4 nitrogen and oxygen atoms in total. The fraction of sp³-hybridized carbons (Fsp3) is 0.909. The number of hydrogen-bond acceptors (Lipinski definition) is 2. The molecule has 3 N–H and O–H groups in total. The van der Waals surface area contributed by atoms with Crippen LogP contribution in [0.25, 0.3) is 0 Å². The molecule has 5 heteroatoms. The van der Waals surface area contributed by atoms with Gasteiger partial charge < -0.3 is 10.3 Å². The van der Waals surface area contributed by atoms with Crippen LogP contribution in [0.4, 0.5) is 0 Å². The molecule has 0 aromatic rings. The highest BCUT2D eigenvalue weighted by molar-refractivity contribution is 7.80. The lowest BCUT2D eigenvalue weighted by atomic mass is 9.68. The standard InChI is InChI=1S/C11H21NO3S/c1-8(2)7-11(10(12)13)6-4-3-5-9(11)16(14)15/h8-9H,3-7H2,1-2H3,(H2,12,13)(H,14,15). The van der Waals surface area contributed by atoms with E-state index in [0.29, 0.717) is 25.2 Å². The van der Waals surface area contributed by atoms with Gasteiger partial charge in [0.1, 0.15) is 0 Å². The van der Waals surface area contributed by atoms with Gasteiger partial charge in [-0.3, -0.25) is 4.79 Å². The van der Waals surface area contributed by atoms with Crippen molar-refractivity contribution in [2.75, 3.05) is 0 Å². The van der Waals surface area contributed by atoms with Gasteiger partial charge in [0.2, 0.25) is 5.91 Å². The quantitative estimate of drug-likeness (QED) is 0.741. The Labute approximate surface area is 99.3 Å². The van der Waals surface area contributed by atoms with Crippen LogP contribution in [0.1, 0.15) is 46.0 Å². The van der Waals surface area contributed by atoms with Crippen LogP contribution < -0.4 is 5.73 Å². The Hall–Kier alpha value is -0.420. The zero-order valence-corrected chi connectivity index (χ0v) is 10.8. The lowest BCUT2D eigenvalue weighted by molar-refractivity contribution is -0.130. The summed E-state index contributed by atoms with van der Waals surface area (Å²) in [7, 11) is 0. The Morgan fingerprint density at radius 1 is 1.56 bits per heavy atom. The molecule has 16 heavy (non-hydrogen) atoms. The Bertz CT molecular complexity index is 293. The summed E-state index contributed by atoms with van der Waals surface area (Å²) in [4.78, 5) is 11.7. The minimum absolute atomic E-state index is 0.302. The molecule has 1 rings (SSSR count). The minimum Gasteiger partial charge on any atom is -0.369 e. The van der Waals surface area contributed by atoms with Crippen molar-refractivity contribution in [1.82, 2.24) is 0 Å². The van der Waals surface area contributed by atoms with Crippen molar-refractivity contribution in [3.05, 3.63) is 0 Å². The fourth-order valence-electron chi connectivity index (χ4n) is 2.85. The molecule has 94 valence electrons. The molecular weight excluding hydrogens is 226 g/mol. The number of rotatable bonds is 4. The normalized spacial score (nSPS) is 32.6. The first-order chi connectivity index (χ1) is 7.40. The van der Waals surface area contributed by atoms with E-state index in [1.807, 2.05) is 13.8 Å². The van der Waals surface area contributed by atoms with E-state index in [2.05, 4.69) is 0 Å². The van der Waals surface area contributed by atoms with Crippen LogP contribution in [-0.4, -0.2) is 19.9 Å². The summed E-state index contributed by atoms with van der Waals surface area (Å²) < 4.78 is 20.7. The Morgan fingerprint density at radius 2 is 2.19 bits per heavy atom. The van der Waals surface area contributed by atoms with Crippen LogP contribution in [0.5, 0.6) is 0 Å². The van der Waals surface area contributed by atoms with Crippen molar-refractivity contribution < 1.29 is 13.6 Å². The van der Waals surface area contributed by atoms with Crippen molar-refractivity contribution in [1.29, 1.82) is 0 Å². The van der Waals surface area contributed by atoms with Crippen LogP contribution in [0, 0.1) is 11.3 Å². The molecule has 1 amide bonds. The summed E-state index contributed by atoms with van der Waals surface area (Å²) in [6, 6.07) is 0. The summed E-state index contributed by atoms with van der Waals surface area (Å²) in [5.41, 5.74) is 4.72. The third kappa shape index (κ3) is 2.63. The zero-order chi connectivity index (χ0) is 12.3. The molecular formula is C11H21NO3S. The average Bonchev–Trinajstić information content (AvgIpc) is 2.16. The van der Waals surface area contributed by atoms with Crippen LogP contribution in [-0.2, 0) is 15.9 Å². The summed E-state index contributed by atoms with van der Waals surface area (Å²) in [6.45, 7) is 4.02. The third-order valence-electron chi connectivity index (χ3n) is 3.46. The second-order valence-corrected chi connectivity index (χ2v) is 6.25. The topological polar surface area (TPSA) is 80.4 Å². The van der Waals surface area contributed by atoms with Gasteiger partial charge in [-0.05, 0) is 25.2 Å². The van der Waals surface area contributed by atoms with E-state index < -0.39 is 27.7 Å². The van der Waals surface area contributed by atoms with Crippen molar-refractivity contribution >= 4 is 17.0 Å². The molecule has 0 bridgehead atoms. The largest absolute Gasteiger partial charge is 0.369 e. The van der Waals surface area contributed by atoms with Crippen LogP contribution in [0.2, 0.25) is 0 Å². The molecule has 1 saturated carbocycles. The molecule has 3 unspecified atom stereocenters. The highest BCUT2D eigenvalue weighted by Crippen LogP contribution is 2.43. The molecule has 0 aromatic carbocycles. The van der Waals surface area contributed by atoms with Crippen molar-refractivity contribution in [2.24, 2.45) is 17.1 Å². The van der Waals surface area contributed by atoms with E-state index in [0.717, 1.165) is 12.8 Å². The maximum Gasteiger partial charge on any atom is 0.224 e. The first-order valence-electron chi connectivity index (χ1n) is 5.79. The zero-order valence-electron chi connectivity index (χ0n) is 9.94. The number of amides is 1. The first kappa shape index (κ1) is 13.6. The molecule has 1 aliphatic carbocycles. The van der Waals surface area contributed by atoms with Gasteiger partial charge in [-0.15, -0.1) is 0 Å². The molecule has 1 aliphatic rings. The Kier molecular flexibility index (Phi) is 4.50. The summed E-state index contributed by atoms with van der Waals surface area (Å²) in [5, 5.41) is -0.485. The van der Waals surface area contributed by atoms with Gasteiger partial charge in [0.05, 0.1) is 10.7 Å². The summed E-state index contributed by atoms with van der Waals surface area (Å²) in [6.07, 6.45) is 3.71. The fourth-order valence-corrected chi connectivity index (χ4v) is 3.93. The number of carbonyl (C=O) groups excluding carboxylic acids is 1. The number of hydrogen-bond donors (Lipinski definition) is 2. The van der Waals surface area contributed by atoms with E-state index in [9.17, 15) is 13.6 Å². The van der Waals surface area contributed by atoms with Gasteiger partial charge in [-0.1, -0.05) is 26.7 Å². The smallest absolute Gasteiger partial charge is 0.224 e. The minimum atomic E-state index is -1.96. The monoisotopic (exact) mass is 247 g/mol. The second kappa shape index (κ2) is 5.27. The van der Waals surface area contributed by atoms with E-state index in [1.165, 1.54) is 0 Å². The van der Waals surface area contributed by atoms with Crippen LogP contribution >= 0.6 is 0 Å². The SMILES string of the molecule is CC(C)CC1(C(N)=O)CCCCC1S(=O)O. The van der Waals surface area contributed by atoms with Crippen LogP contribution in [0.15, 0.2) is 0 Å². The van der Waals surface area contributed by atoms with Crippen molar-refractivity contribution in [2.45, 2.75) is 51.2 Å². The lowest BCUT2D eigenvalue weighted by Crippen LogP contribution is -2.50. The predicted molar refractivity (Wildman–Crippen MR) is 64.1 cm³/mol. The highest BCUT2D eigenvalue weighted by Gasteiger charge is 2.48. The van der Waals surface area contributed by atoms with Crippen molar-refractivity contribution in [3.8, 4) is 0 Å². The molecule has 3 atom stereocenters. The first-order valence-corrected chi connectivity index (χ1v) is 6.96. The van der Waals surface area contributed by atoms with E-state index in [-0.39, 0.29) is 0 Å². The van der Waals surface area contributed by atoms with Crippen LogP contribution in [0.3, 0.4) is 0 Å². The van der Waals surface area contributed by atoms with Gasteiger partial charge >= 0.3 is 0 Å². The summed E-state index contributed by atoms with van der Waals surface area (Å²) in [5.74, 6) is -0.107. The molecule has 0 spiro atoms. The molecule has 1 fully saturated rings. The van der Waals surface area contributed by atoms with Gasteiger partial charge in [0.25, 0.3) is 0 Å². The molecule has 0 aromatic heterocycles. The molecule has 0 radical (unpaired) electrons. The van der Waals surface area contributed by atoms with Gasteiger partial charge in [0, 0.05) is 0 Å². The highest BCUT2D eigenvalue weighted by atomic mass is 32.2. The Morgan fingerprint density at radius 3 is 2.62 bits per heavy atom. The van der Waals surface area contributed by atoms with E-state index in [4.69, 9.17) is 5.73 Å². The maximum absolute atomic E-state index is 11.7. The number of primary amides is 1. The second-order valence-electron chi connectivity index (χ2n) is 5.13. The third-order valence-corrected chi connectivity index (χ3v) is 4.64. The Balaban J connectivity index is 3.02. The van der Waals surface area contributed by atoms with E-state index in [1.54, 1.807) is 0 Å². The van der Waals surface area contributed by atoms with Gasteiger partial charge in [-0.2, -0.15) is 0 Å². The predicted octanol–water partition coefficient (Wildman–Crippen LogP) is 1.67. The molecule has 0 aliphatic heterocycles. The van der Waals surface area contributed by atoms with Gasteiger partial charge in [0.15, 0.2) is 11.1 Å².